The summed E-state index contributed by atoms with van der Waals surface area (Å²) in [7, 11) is 0. The van der Waals surface area contributed by atoms with Gasteiger partial charge in [-0.3, -0.25) is 9.89 Å². The first-order chi connectivity index (χ1) is 11.8. The number of aryl methyl sites for hydroxylation is 1. The molecule has 2 aliphatic heterocycles. The minimum atomic E-state index is -0.257. The van der Waals surface area contributed by atoms with Crippen LogP contribution in [0.25, 0.3) is 0 Å². The molecular weight excluding hydrogens is 312 g/mol. The first kappa shape index (κ1) is 14.9. The van der Waals surface area contributed by atoms with Crippen LogP contribution in [0, 0.1) is 0 Å². The molecule has 2 N–H and O–H groups in total. The minimum Gasteiger partial charge on any atom is -0.492 e. The summed E-state index contributed by atoms with van der Waals surface area (Å²) < 4.78 is 16.7. The van der Waals surface area contributed by atoms with Gasteiger partial charge in [0, 0.05) is 0 Å². The molecule has 4 heterocycles. The molecule has 24 heavy (non-hydrogen) atoms. The molecule has 1 saturated heterocycles. The van der Waals surface area contributed by atoms with E-state index < -0.39 is 0 Å². The van der Waals surface area contributed by atoms with E-state index in [9.17, 15) is 4.79 Å². The fourth-order valence-corrected chi connectivity index (χ4v) is 2.88. The SMILES string of the molecule is O=C(N[C@H]1COC[C@H]1Oc1cn[nH]c1)c1cc2c(cn1)OCCC2. The third kappa shape index (κ3) is 3.05. The Balaban J connectivity index is 1.43. The van der Waals surface area contributed by atoms with Gasteiger partial charge in [0.2, 0.25) is 0 Å². The number of ether oxygens (including phenoxy) is 3. The van der Waals surface area contributed by atoms with Crippen molar-refractivity contribution in [3.8, 4) is 11.5 Å². The number of aromatic nitrogens is 3. The van der Waals surface area contributed by atoms with Crippen molar-refractivity contribution in [1.82, 2.24) is 20.5 Å². The summed E-state index contributed by atoms with van der Waals surface area (Å²) in [6, 6.07) is 1.56. The Bertz CT molecular complexity index is 719. The Morgan fingerprint density at radius 2 is 2.33 bits per heavy atom. The predicted molar refractivity (Wildman–Crippen MR) is 83.1 cm³/mol. The van der Waals surface area contributed by atoms with Crippen LogP contribution in [0.5, 0.6) is 11.5 Å². The number of nitrogens with zero attached hydrogens (tertiary/aromatic N) is 2. The maximum Gasteiger partial charge on any atom is 0.270 e. The zero-order valence-corrected chi connectivity index (χ0v) is 13.0. The van der Waals surface area contributed by atoms with E-state index in [0.29, 0.717) is 31.3 Å². The van der Waals surface area contributed by atoms with Crippen molar-refractivity contribution in [3.05, 3.63) is 35.9 Å². The molecule has 2 aromatic heterocycles. The molecule has 4 rings (SSSR count). The second-order valence-electron chi connectivity index (χ2n) is 5.84. The second kappa shape index (κ2) is 6.48. The second-order valence-corrected chi connectivity index (χ2v) is 5.84. The predicted octanol–water partition coefficient (Wildman–Crippen LogP) is 0.706. The van der Waals surface area contributed by atoms with Crippen molar-refractivity contribution in [2.45, 2.75) is 25.0 Å². The van der Waals surface area contributed by atoms with E-state index in [0.717, 1.165) is 24.2 Å². The maximum absolute atomic E-state index is 12.5. The lowest BCUT2D eigenvalue weighted by Gasteiger charge is -2.20. The smallest absolute Gasteiger partial charge is 0.270 e. The largest absolute Gasteiger partial charge is 0.492 e. The first-order valence-electron chi connectivity index (χ1n) is 7.95. The normalized spacial score (nSPS) is 22.5. The Morgan fingerprint density at radius 1 is 1.38 bits per heavy atom. The summed E-state index contributed by atoms with van der Waals surface area (Å²) in [5.41, 5.74) is 1.41. The lowest BCUT2D eigenvalue weighted by atomic mass is 10.1. The molecule has 8 heteroatoms. The number of rotatable bonds is 4. The van der Waals surface area contributed by atoms with Crippen LogP contribution in [0.2, 0.25) is 0 Å². The highest BCUT2D eigenvalue weighted by molar-refractivity contribution is 5.92. The Hall–Kier alpha value is -2.61. The number of hydrogen-bond donors (Lipinski definition) is 2. The van der Waals surface area contributed by atoms with E-state index in [1.807, 2.05) is 0 Å². The van der Waals surface area contributed by atoms with Crippen molar-refractivity contribution in [2.75, 3.05) is 19.8 Å². The molecule has 0 aromatic carbocycles. The van der Waals surface area contributed by atoms with Crippen LogP contribution in [0.15, 0.2) is 24.7 Å². The van der Waals surface area contributed by atoms with Crippen molar-refractivity contribution in [2.24, 2.45) is 0 Å². The molecule has 0 saturated carbocycles. The molecule has 1 fully saturated rings. The lowest BCUT2D eigenvalue weighted by molar-refractivity contribution is 0.0899. The Labute approximate surface area is 138 Å². The van der Waals surface area contributed by atoms with Gasteiger partial charge >= 0.3 is 0 Å². The number of H-pyrrole nitrogens is 1. The summed E-state index contributed by atoms with van der Waals surface area (Å²) in [5, 5.41) is 9.47. The van der Waals surface area contributed by atoms with Crippen molar-refractivity contribution < 1.29 is 19.0 Å². The summed E-state index contributed by atoms with van der Waals surface area (Å²) in [4.78, 5) is 16.7. The molecule has 2 aliphatic rings. The maximum atomic E-state index is 12.5. The van der Waals surface area contributed by atoms with Gasteiger partial charge in [-0.15, -0.1) is 0 Å². The highest BCUT2D eigenvalue weighted by atomic mass is 16.5. The number of aromatic amines is 1. The van der Waals surface area contributed by atoms with Gasteiger partial charge in [0.05, 0.1) is 44.5 Å². The minimum absolute atomic E-state index is 0.235. The zero-order chi connectivity index (χ0) is 16.4. The fourth-order valence-electron chi connectivity index (χ4n) is 2.88. The quantitative estimate of drug-likeness (QED) is 0.856. The van der Waals surface area contributed by atoms with Crippen LogP contribution >= 0.6 is 0 Å². The number of amides is 1. The first-order valence-corrected chi connectivity index (χ1v) is 7.95. The number of carbonyl (C=O) groups excluding carboxylic acids is 1. The Kier molecular flexibility index (Phi) is 4.04. The van der Waals surface area contributed by atoms with Gasteiger partial charge in [-0.25, -0.2) is 4.98 Å². The van der Waals surface area contributed by atoms with E-state index in [2.05, 4.69) is 20.5 Å². The molecule has 0 radical (unpaired) electrons. The fraction of sp³-hybridized carbons (Fsp3) is 0.438. The summed E-state index contributed by atoms with van der Waals surface area (Å²) in [6.45, 7) is 1.52. The molecule has 0 spiro atoms. The van der Waals surface area contributed by atoms with Gasteiger partial charge in [-0.05, 0) is 24.5 Å². The van der Waals surface area contributed by atoms with Gasteiger partial charge in [0.1, 0.15) is 17.5 Å². The topological polar surface area (TPSA) is 98.4 Å². The average Bonchev–Trinajstić information content (AvgIpc) is 3.27. The van der Waals surface area contributed by atoms with Crippen LogP contribution in [0.3, 0.4) is 0 Å². The molecule has 126 valence electrons. The van der Waals surface area contributed by atoms with Crippen molar-refractivity contribution >= 4 is 5.91 Å². The lowest BCUT2D eigenvalue weighted by Crippen LogP contribution is -2.45. The average molecular weight is 330 g/mol. The van der Waals surface area contributed by atoms with Gasteiger partial charge in [0.25, 0.3) is 5.91 Å². The van der Waals surface area contributed by atoms with Crippen LogP contribution < -0.4 is 14.8 Å². The van der Waals surface area contributed by atoms with E-state index in [-0.39, 0.29) is 18.1 Å². The number of fused-ring (bicyclic) bond motifs is 1. The molecule has 2 atom stereocenters. The molecular formula is C16H18N4O4. The molecule has 0 unspecified atom stereocenters. The van der Waals surface area contributed by atoms with Gasteiger partial charge in [-0.2, -0.15) is 5.10 Å². The van der Waals surface area contributed by atoms with Gasteiger partial charge in [0.15, 0.2) is 5.75 Å². The van der Waals surface area contributed by atoms with Crippen LogP contribution in [0.4, 0.5) is 0 Å². The van der Waals surface area contributed by atoms with E-state index in [1.165, 1.54) is 0 Å². The van der Waals surface area contributed by atoms with Gasteiger partial charge in [-0.1, -0.05) is 0 Å². The van der Waals surface area contributed by atoms with Crippen LogP contribution in [-0.4, -0.2) is 53.1 Å². The van der Waals surface area contributed by atoms with Crippen molar-refractivity contribution in [3.63, 3.8) is 0 Å². The number of hydrogen-bond acceptors (Lipinski definition) is 6. The van der Waals surface area contributed by atoms with E-state index in [4.69, 9.17) is 14.2 Å². The number of pyridine rings is 1. The molecule has 8 nitrogen and oxygen atoms in total. The Morgan fingerprint density at radius 3 is 3.21 bits per heavy atom. The highest BCUT2D eigenvalue weighted by Gasteiger charge is 2.32. The summed E-state index contributed by atoms with van der Waals surface area (Å²) in [6.07, 6.45) is 6.46. The summed E-state index contributed by atoms with van der Waals surface area (Å²) >= 11 is 0. The molecule has 0 aliphatic carbocycles. The highest BCUT2D eigenvalue weighted by Crippen LogP contribution is 2.24. The van der Waals surface area contributed by atoms with E-state index in [1.54, 1.807) is 24.7 Å². The number of nitrogens with one attached hydrogen (secondary N) is 2. The molecule has 2 aromatic rings. The number of carbonyl (C=O) groups is 1. The zero-order valence-electron chi connectivity index (χ0n) is 13.0. The van der Waals surface area contributed by atoms with Gasteiger partial charge < -0.3 is 19.5 Å². The van der Waals surface area contributed by atoms with Crippen LogP contribution in [-0.2, 0) is 11.2 Å². The standard InChI is InChI=1S/C16H18N4O4/c21-16(12-4-10-2-1-3-23-14(10)7-17-12)20-13-8-22-9-15(13)24-11-5-18-19-6-11/h4-7,13,15H,1-3,8-9H2,(H,18,19)(H,20,21)/t13-,15+/m0/s1. The third-order valence-electron chi connectivity index (χ3n) is 4.13. The summed E-state index contributed by atoms with van der Waals surface area (Å²) in [5.74, 6) is 1.15. The monoisotopic (exact) mass is 330 g/mol. The van der Waals surface area contributed by atoms with Crippen LogP contribution in [0.1, 0.15) is 22.5 Å². The molecule has 0 bridgehead atoms. The molecule has 1 amide bonds. The third-order valence-corrected chi connectivity index (χ3v) is 4.13. The van der Waals surface area contributed by atoms with Crippen molar-refractivity contribution in [1.29, 1.82) is 0 Å². The van der Waals surface area contributed by atoms with E-state index >= 15 is 0 Å².